The quantitative estimate of drug-likeness (QED) is 0.774. The minimum atomic E-state index is -4.31. The van der Waals surface area contributed by atoms with Gasteiger partial charge in [-0.15, -0.1) is 0 Å². The summed E-state index contributed by atoms with van der Waals surface area (Å²) in [5.41, 5.74) is 0. The second-order valence-electron chi connectivity index (χ2n) is 6.26. The Morgan fingerprint density at radius 3 is 2.41 bits per heavy atom. The molecule has 1 atom stereocenters. The fourth-order valence-corrected chi connectivity index (χ4v) is 3.31. The van der Waals surface area contributed by atoms with Gasteiger partial charge in [0, 0.05) is 32.7 Å². The van der Waals surface area contributed by atoms with Gasteiger partial charge in [0.2, 0.25) is 5.91 Å². The molecule has 0 saturated carbocycles. The Bertz CT molecular complexity index is 368. The zero-order valence-corrected chi connectivity index (χ0v) is 13.2. The van der Waals surface area contributed by atoms with E-state index in [2.05, 4.69) is 16.7 Å². The molecular formula is C15H26F3N3O. The van der Waals surface area contributed by atoms with Crippen LogP contribution < -0.4 is 0 Å². The third-order valence-corrected chi connectivity index (χ3v) is 4.55. The first-order valence-electron chi connectivity index (χ1n) is 8.22. The number of halogens is 3. The summed E-state index contributed by atoms with van der Waals surface area (Å²) in [6.07, 6.45) is -0.642. The lowest BCUT2D eigenvalue weighted by Gasteiger charge is -2.42. The topological polar surface area (TPSA) is 26.8 Å². The highest BCUT2D eigenvalue weighted by atomic mass is 19.4. The highest BCUT2D eigenvalue weighted by molar-refractivity contribution is 5.82. The molecule has 22 heavy (non-hydrogen) atoms. The van der Waals surface area contributed by atoms with E-state index in [9.17, 15) is 18.0 Å². The second-order valence-corrected chi connectivity index (χ2v) is 6.26. The first kappa shape index (κ1) is 17.5. The minimum Gasteiger partial charge on any atom is -0.332 e. The third kappa shape index (κ3) is 4.84. The van der Waals surface area contributed by atoms with Gasteiger partial charge in [-0.05, 0) is 25.8 Å². The van der Waals surface area contributed by atoms with Crippen LogP contribution in [0.25, 0.3) is 0 Å². The van der Waals surface area contributed by atoms with E-state index >= 15 is 0 Å². The van der Waals surface area contributed by atoms with Gasteiger partial charge in [-0.3, -0.25) is 9.69 Å². The first-order valence-corrected chi connectivity index (χ1v) is 8.22. The van der Waals surface area contributed by atoms with Gasteiger partial charge in [-0.1, -0.05) is 13.3 Å². The summed E-state index contributed by atoms with van der Waals surface area (Å²) in [6, 6.07) is -0.357. The number of hydrogen-bond donors (Lipinski definition) is 0. The van der Waals surface area contributed by atoms with Gasteiger partial charge in [-0.2, -0.15) is 13.2 Å². The molecule has 1 amide bonds. The van der Waals surface area contributed by atoms with Crippen LogP contribution in [0.4, 0.5) is 13.2 Å². The summed E-state index contributed by atoms with van der Waals surface area (Å²) in [7, 11) is 0. The number of alkyl halides is 3. The van der Waals surface area contributed by atoms with Gasteiger partial charge < -0.3 is 9.80 Å². The number of likely N-dealkylation sites (tertiary alicyclic amines) is 1. The Balaban J connectivity index is 1.86. The van der Waals surface area contributed by atoms with Gasteiger partial charge in [0.1, 0.15) is 6.54 Å². The zero-order valence-electron chi connectivity index (χ0n) is 13.2. The molecule has 7 heteroatoms. The van der Waals surface area contributed by atoms with Crippen LogP contribution in [0.3, 0.4) is 0 Å². The Hall–Kier alpha value is -0.820. The standard InChI is InChI=1S/C15H26F3N3O/c1-2-3-6-19-8-10-20(11-9-19)13-5-4-7-21(14(13)22)12-15(16,17)18/h13H,2-12H2,1H3. The van der Waals surface area contributed by atoms with E-state index in [1.165, 1.54) is 6.42 Å². The smallest absolute Gasteiger partial charge is 0.332 e. The van der Waals surface area contributed by atoms with Crippen molar-refractivity contribution in [3.8, 4) is 0 Å². The number of carbonyl (C=O) groups excluding carboxylic acids is 1. The maximum atomic E-state index is 12.5. The van der Waals surface area contributed by atoms with Crippen LogP contribution in [0.5, 0.6) is 0 Å². The van der Waals surface area contributed by atoms with E-state index in [0.29, 0.717) is 12.8 Å². The fraction of sp³-hybridized carbons (Fsp3) is 0.933. The minimum absolute atomic E-state index is 0.227. The Morgan fingerprint density at radius 2 is 1.82 bits per heavy atom. The molecule has 2 fully saturated rings. The van der Waals surface area contributed by atoms with Crippen LogP contribution in [0, 0.1) is 0 Å². The van der Waals surface area contributed by atoms with E-state index in [1.54, 1.807) is 0 Å². The number of piperidine rings is 1. The number of piperazine rings is 1. The Labute approximate surface area is 130 Å². The summed E-state index contributed by atoms with van der Waals surface area (Å²) < 4.78 is 37.6. The molecule has 0 aromatic carbocycles. The molecule has 4 nitrogen and oxygen atoms in total. The lowest BCUT2D eigenvalue weighted by atomic mass is 10.0. The van der Waals surface area contributed by atoms with Gasteiger partial charge in [0.15, 0.2) is 0 Å². The highest BCUT2D eigenvalue weighted by Crippen LogP contribution is 2.23. The van der Waals surface area contributed by atoms with Gasteiger partial charge in [0.25, 0.3) is 0 Å². The second kappa shape index (κ2) is 7.64. The number of carbonyl (C=O) groups is 1. The molecular weight excluding hydrogens is 295 g/mol. The largest absolute Gasteiger partial charge is 0.406 e. The monoisotopic (exact) mass is 321 g/mol. The van der Waals surface area contributed by atoms with Crippen molar-refractivity contribution in [1.82, 2.24) is 14.7 Å². The van der Waals surface area contributed by atoms with E-state index in [4.69, 9.17) is 0 Å². The first-order chi connectivity index (χ1) is 10.4. The molecule has 0 aromatic rings. The van der Waals surface area contributed by atoms with Crippen LogP contribution in [-0.4, -0.2) is 78.6 Å². The fourth-order valence-electron chi connectivity index (χ4n) is 3.31. The number of rotatable bonds is 5. The molecule has 0 N–H and O–H groups in total. The van der Waals surface area contributed by atoms with Gasteiger partial charge in [0.05, 0.1) is 6.04 Å². The molecule has 2 heterocycles. The Morgan fingerprint density at radius 1 is 1.14 bits per heavy atom. The molecule has 2 aliphatic heterocycles. The van der Waals surface area contributed by atoms with Crippen molar-refractivity contribution in [3.63, 3.8) is 0 Å². The van der Waals surface area contributed by atoms with Crippen molar-refractivity contribution in [2.75, 3.05) is 45.8 Å². The number of amides is 1. The van der Waals surface area contributed by atoms with E-state index in [-0.39, 0.29) is 18.5 Å². The molecule has 0 spiro atoms. The lowest BCUT2D eigenvalue weighted by molar-refractivity contribution is -0.168. The van der Waals surface area contributed by atoms with Crippen molar-refractivity contribution in [1.29, 1.82) is 0 Å². The van der Waals surface area contributed by atoms with Crippen molar-refractivity contribution < 1.29 is 18.0 Å². The molecule has 2 rings (SSSR count). The van der Waals surface area contributed by atoms with E-state index in [0.717, 1.165) is 44.0 Å². The van der Waals surface area contributed by atoms with Crippen molar-refractivity contribution in [3.05, 3.63) is 0 Å². The summed E-state index contributed by atoms with van der Waals surface area (Å²) in [5.74, 6) is -0.342. The number of unbranched alkanes of at least 4 members (excludes halogenated alkanes) is 1. The van der Waals surface area contributed by atoms with Crippen LogP contribution in [0.1, 0.15) is 32.6 Å². The molecule has 0 bridgehead atoms. The molecule has 0 aromatic heterocycles. The normalized spacial score (nSPS) is 25.7. The third-order valence-electron chi connectivity index (χ3n) is 4.55. The van der Waals surface area contributed by atoms with Crippen molar-refractivity contribution in [2.45, 2.75) is 44.8 Å². The molecule has 128 valence electrons. The maximum absolute atomic E-state index is 12.5. The highest BCUT2D eigenvalue weighted by Gasteiger charge is 2.39. The summed E-state index contributed by atoms with van der Waals surface area (Å²) in [4.78, 5) is 17.8. The van der Waals surface area contributed by atoms with Crippen molar-refractivity contribution in [2.24, 2.45) is 0 Å². The molecule has 2 aliphatic rings. The summed E-state index contributed by atoms with van der Waals surface area (Å²) in [6.45, 7) is 5.71. The molecule has 2 saturated heterocycles. The number of nitrogens with zero attached hydrogens (tertiary/aromatic N) is 3. The van der Waals surface area contributed by atoms with Gasteiger partial charge >= 0.3 is 6.18 Å². The predicted molar refractivity (Wildman–Crippen MR) is 78.6 cm³/mol. The van der Waals surface area contributed by atoms with Crippen molar-refractivity contribution >= 4 is 5.91 Å². The van der Waals surface area contributed by atoms with E-state index in [1.807, 2.05) is 0 Å². The van der Waals surface area contributed by atoms with Gasteiger partial charge in [-0.25, -0.2) is 0 Å². The summed E-state index contributed by atoms with van der Waals surface area (Å²) in [5, 5.41) is 0. The van der Waals surface area contributed by atoms with Crippen LogP contribution in [0.15, 0.2) is 0 Å². The lowest BCUT2D eigenvalue weighted by Crippen LogP contribution is -2.58. The average molecular weight is 321 g/mol. The van der Waals surface area contributed by atoms with Crippen LogP contribution in [0.2, 0.25) is 0 Å². The molecule has 0 radical (unpaired) electrons. The zero-order chi connectivity index (χ0) is 16.2. The molecule has 1 unspecified atom stereocenters. The summed E-state index contributed by atoms with van der Waals surface area (Å²) >= 11 is 0. The predicted octanol–water partition coefficient (Wildman–Crippen LogP) is 1.96. The Kier molecular flexibility index (Phi) is 6.09. The van der Waals surface area contributed by atoms with Crippen LogP contribution >= 0.6 is 0 Å². The van der Waals surface area contributed by atoms with Crippen LogP contribution in [-0.2, 0) is 4.79 Å². The SMILES string of the molecule is CCCCN1CCN(C2CCCN(CC(F)(F)F)C2=O)CC1. The number of hydrogen-bond acceptors (Lipinski definition) is 3. The average Bonchev–Trinajstić information content (AvgIpc) is 2.47. The van der Waals surface area contributed by atoms with E-state index < -0.39 is 12.7 Å². The maximum Gasteiger partial charge on any atom is 0.406 e. The molecule has 0 aliphatic carbocycles.